The summed E-state index contributed by atoms with van der Waals surface area (Å²) in [5, 5.41) is 1.69. The summed E-state index contributed by atoms with van der Waals surface area (Å²) in [7, 11) is 0. The molecule has 0 spiro atoms. The molecule has 0 saturated carbocycles. The van der Waals surface area contributed by atoms with Gasteiger partial charge < -0.3 is 0 Å². The predicted octanol–water partition coefficient (Wildman–Crippen LogP) is 3.75. The second-order valence-corrected chi connectivity index (χ2v) is 7.72. The standard InChI is InChI=1S/C24H21N3O3/c1-15-8-9-19(14-16(15)2)26-23(28)20-21(17-10-12-25-13-11-17)27(30-22(20)24(26)29)18-6-4-3-5-7-18/h3-14,20-22H,1-2H3/t20-,21-,22+/m0/s1. The average Bonchev–Trinajstić information content (AvgIpc) is 3.28. The van der Waals surface area contributed by atoms with Crippen LogP contribution >= 0.6 is 0 Å². The van der Waals surface area contributed by atoms with Crippen LogP contribution in [0.25, 0.3) is 0 Å². The number of para-hydroxylation sites is 1. The van der Waals surface area contributed by atoms with Gasteiger partial charge >= 0.3 is 0 Å². The monoisotopic (exact) mass is 399 g/mol. The van der Waals surface area contributed by atoms with Gasteiger partial charge in [0.1, 0.15) is 5.92 Å². The van der Waals surface area contributed by atoms with Crippen molar-refractivity contribution in [2.45, 2.75) is 26.0 Å². The first-order valence-electron chi connectivity index (χ1n) is 9.92. The quantitative estimate of drug-likeness (QED) is 0.628. The van der Waals surface area contributed by atoms with Crippen LogP contribution in [0.1, 0.15) is 22.7 Å². The van der Waals surface area contributed by atoms with E-state index in [0.717, 1.165) is 22.4 Å². The molecule has 0 unspecified atom stereocenters. The minimum absolute atomic E-state index is 0.242. The van der Waals surface area contributed by atoms with E-state index in [2.05, 4.69) is 4.98 Å². The van der Waals surface area contributed by atoms with E-state index in [1.54, 1.807) is 17.5 Å². The molecule has 2 aliphatic rings. The van der Waals surface area contributed by atoms with Crippen LogP contribution in [0.4, 0.5) is 11.4 Å². The molecular formula is C24H21N3O3. The Kier molecular flexibility index (Phi) is 4.37. The molecule has 6 nitrogen and oxygen atoms in total. The maximum absolute atomic E-state index is 13.5. The normalized spacial score (nSPS) is 23.2. The molecule has 3 heterocycles. The Morgan fingerprint density at radius 2 is 1.57 bits per heavy atom. The highest BCUT2D eigenvalue weighted by Crippen LogP contribution is 2.47. The van der Waals surface area contributed by atoms with Gasteiger partial charge in [-0.15, -0.1) is 0 Å². The zero-order chi connectivity index (χ0) is 20.8. The Bertz CT molecular complexity index is 1120. The molecule has 0 radical (unpaired) electrons. The third-order valence-electron chi connectivity index (χ3n) is 5.92. The van der Waals surface area contributed by atoms with Crippen molar-refractivity contribution in [3.05, 3.63) is 89.7 Å². The number of imide groups is 1. The number of carbonyl (C=O) groups excluding carboxylic acids is 2. The molecule has 6 heteroatoms. The zero-order valence-electron chi connectivity index (χ0n) is 16.7. The molecule has 0 aliphatic carbocycles. The first-order chi connectivity index (χ1) is 14.6. The number of fused-ring (bicyclic) bond motifs is 1. The van der Waals surface area contributed by atoms with Gasteiger partial charge in [0.05, 0.1) is 17.4 Å². The Hall–Kier alpha value is -3.51. The van der Waals surface area contributed by atoms with Gasteiger partial charge in [0.2, 0.25) is 5.91 Å². The van der Waals surface area contributed by atoms with E-state index in [9.17, 15) is 9.59 Å². The lowest BCUT2D eigenvalue weighted by Gasteiger charge is -2.28. The number of hydroxylamine groups is 1. The number of hydrogen-bond acceptors (Lipinski definition) is 5. The Balaban J connectivity index is 1.58. The highest BCUT2D eigenvalue weighted by atomic mass is 16.7. The van der Waals surface area contributed by atoms with Crippen LogP contribution in [0, 0.1) is 19.8 Å². The van der Waals surface area contributed by atoms with Gasteiger partial charge in [0.15, 0.2) is 6.10 Å². The maximum Gasteiger partial charge on any atom is 0.266 e. The highest BCUT2D eigenvalue weighted by molar-refractivity contribution is 6.24. The van der Waals surface area contributed by atoms with E-state index >= 15 is 0 Å². The van der Waals surface area contributed by atoms with Gasteiger partial charge in [-0.1, -0.05) is 24.3 Å². The number of carbonyl (C=O) groups is 2. The largest absolute Gasteiger partial charge is 0.273 e. The van der Waals surface area contributed by atoms with Crippen molar-refractivity contribution in [1.29, 1.82) is 0 Å². The van der Waals surface area contributed by atoms with Gasteiger partial charge in [-0.2, -0.15) is 0 Å². The van der Waals surface area contributed by atoms with Crippen LogP contribution in [0.3, 0.4) is 0 Å². The van der Waals surface area contributed by atoms with Crippen molar-refractivity contribution in [3.8, 4) is 0 Å². The second-order valence-electron chi connectivity index (χ2n) is 7.72. The smallest absolute Gasteiger partial charge is 0.266 e. The minimum atomic E-state index is -0.863. The molecule has 0 N–H and O–H groups in total. The fourth-order valence-electron chi connectivity index (χ4n) is 4.23. The van der Waals surface area contributed by atoms with E-state index in [1.807, 2.05) is 74.5 Å². The number of pyridine rings is 1. The first kappa shape index (κ1) is 18.5. The number of benzene rings is 2. The fraction of sp³-hybridized carbons (Fsp3) is 0.208. The molecule has 2 aromatic carbocycles. The topological polar surface area (TPSA) is 62.7 Å². The van der Waals surface area contributed by atoms with E-state index in [-0.39, 0.29) is 11.8 Å². The summed E-state index contributed by atoms with van der Waals surface area (Å²) in [6, 6.07) is 18.5. The van der Waals surface area contributed by atoms with Crippen molar-refractivity contribution < 1.29 is 14.4 Å². The van der Waals surface area contributed by atoms with Gasteiger partial charge in [-0.3, -0.25) is 19.4 Å². The minimum Gasteiger partial charge on any atom is -0.273 e. The molecule has 0 bridgehead atoms. The highest BCUT2D eigenvalue weighted by Gasteiger charge is 2.60. The zero-order valence-corrected chi connectivity index (χ0v) is 16.7. The summed E-state index contributed by atoms with van der Waals surface area (Å²) < 4.78 is 0. The molecule has 2 saturated heterocycles. The van der Waals surface area contributed by atoms with Crippen molar-refractivity contribution >= 4 is 23.2 Å². The number of nitrogens with zero attached hydrogens (tertiary/aromatic N) is 3. The molecule has 5 rings (SSSR count). The van der Waals surface area contributed by atoms with Crippen LogP contribution in [0.5, 0.6) is 0 Å². The number of hydrogen-bond donors (Lipinski definition) is 0. The number of anilines is 2. The number of amides is 2. The van der Waals surface area contributed by atoms with Crippen LogP contribution in [-0.2, 0) is 14.4 Å². The van der Waals surface area contributed by atoms with Crippen LogP contribution < -0.4 is 9.96 Å². The third-order valence-corrected chi connectivity index (χ3v) is 5.92. The van der Waals surface area contributed by atoms with Crippen LogP contribution in [-0.4, -0.2) is 22.9 Å². The Labute approximate surface area is 174 Å². The van der Waals surface area contributed by atoms with Gasteiger partial charge in [-0.05, 0) is 66.9 Å². The van der Waals surface area contributed by atoms with E-state index in [1.165, 1.54) is 4.90 Å². The molecule has 2 aliphatic heterocycles. The summed E-state index contributed by atoms with van der Waals surface area (Å²) in [4.78, 5) is 38.3. The molecule has 1 aromatic heterocycles. The lowest BCUT2D eigenvalue weighted by Crippen LogP contribution is -2.37. The summed E-state index contributed by atoms with van der Waals surface area (Å²) in [5.74, 6) is -1.21. The molecule has 3 atom stereocenters. The SMILES string of the molecule is Cc1ccc(N2C(=O)[C@@H]3[C@@H](ON(c4ccccc4)[C@H]3c3ccncc3)C2=O)cc1C. The van der Waals surface area contributed by atoms with Crippen molar-refractivity contribution in [2.24, 2.45) is 5.92 Å². The number of rotatable bonds is 3. The lowest BCUT2D eigenvalue weighted by molar-refractivity contribution is -0.126. The molecule has 3 aromatic rings. The lowest BCUT2D eigenvalue weighted by atomic mass is 9.91. The molecule has 150 valence electrons. The van der Waals surface area contributed by atoms with E-state index in [4.69, 9.17) is 4.84 Å². The average molecular weight is 399 g/mol. The third kappa shape index (κ3) is 2.80. The Morgan fingerprint density at radius 1 is 0.833 bits per heavy atom. The molecular weight excluding hydrogens is 378 g/mol. The summed E-state index contributed by atoms with van der Waals surface area (Å²) >= 11 is 0. The van der Waals surface area contributed by atoms with Gasteiger partial charge in [0, 0.05) is 12.4 Å². The maximum atomic E-state index is 13.5. The van der Waals surface area contributed by atoms with Crippen molar-refractivity contribution in [3.63, 3.8) is 0 Å². The van der Waals surface area contributed by atoms with Crippen molar-refractivity contribution in [2.75, 3.05) is 9.96 Å². The summed E-state index contributed by atoms with van der Waals surface area (Å²) in [6.07, 6.45) is 2.51. The Morgan fingerprint density at radius 3 is 2.27 bits per heavy atom. The first-order valence-corrected chi connectivity index (χ1v) is 9.92. The molecule has 30 heavy (non-hydrogen) atoms. The van der Waals surface area contributed by atoms with Crippen LogP contribution in [0.2, 0.25) is 0 Å². The van der Waals surface area contributed by atoms with Crippen LogP contribution in [0.15, 0.2) is 73.1 Å². The van der Waals surface area contributed by atoms with Crippen molar-refractivity contribution in [1.82, 2.24) is 4.98 Å². The summed E-state index contributed by atoms with van der Waals surface area (Å²) in [5.41, 5.74) is 4.41. The summed E-state index contributed by atoms with van der Waals surface area (Å²) in [6.45, 7) is 3.97. The van der Waals surface area contributed by atoms with E-state index in [0.29, 0.717) is 5.69 Å². The fourth-order valence-corrected chi connectivity index (χ4v) is 4.23. The second kappa shape index (κ2) is 7.07. The van der Waals surface area contributed by atoms with Gasteiger partial charge in [-0.25, -0.2) is 9.96 Å². The number of aromatic nitrogens is 1. The van der Waals surface area contributed by atoms with Gasteiger partial charge in [0.25, 0.3) is 5.91 Å². The number of aryl methyl sites for hydroxylation is 2. The molecule has 2 fully saturated rings. The van der Waals surface area contributed by atoms with E-state index < -0.39 is 18.1 Å². The predicted molar refractivity (Wildman–Crippen MR) is 113 cm³/mol. The molecule has 2 amide bonds.